The molecule has 0 aromatic carbocycles. The molecule has 3 heterocycles. The van der Waals surface area contributed by atoms with Crippen molar-refractivity contribution in [2.24, 2.45) is 0 Å². The predicted molar refractivity (Wildman–Crippen MR) is 68.9 cm³/mol. The highest BCUT2D eigenvalue weighted by atomic mass is 32.1. The van der Waals surface area contributed by atoms with Gasteiger partial charge in [0.2, 0.25) is 0 Å². The number of piperidine rings is 1. The standard InChI is InChI=1S/C13H20N2S/c1-2-8-15(7-1)11-5-6-14-12(10-11)13-4-3-9-16-13/h3-4,9,11-12,14H,1-2,5-8,10H2. The first-order chi connectivity index (χ1) is 7.93. The van der Waals surface area contributed by atoms with Crippen LogP contribution in [0.25, 0.3) is 0 Å². The molecule has 2 unspecified atom stereocenters. The summed E-state index contributed by atoms with van der Waals surface area (Å²) in [5.74, 6) is 0. The molecule has 2 aliphatic rings. The lowest BCUT2D eigenvalue weighted by atomic mass is 9.97. The van der Waals surface area contributed by atoms with Gasteiger partial charge in [0.15, 0.2) is 0 Å². The molecule has 3 rings (SSSR count). The van der Waals surface area contributed by atoms with E-state index in [0.717, 1.165) is 6.04 Å². The molecule has 16 heavy (non-hydrogen) atoms. The van der Waals surface area contributed by atoms with E-state index in [0.29, 0.717) is 6.04 Å². The van der Waals surface area contributed by atoms with Crippen LogP contribution in [-0.4, -0.2) is 30.6 Å². The van der Waals surface area contributed by atoms with Gasteiger partial charge in [-0.3, -0.25) is 0 Å². The minimum atomic E-state index is 0.611. The molecule has 0 amide bonds. The second-order valence-corrected chi connectivity index (χ2v) is 5.92. The Labute approximate surface area is 102 Å². The van der Waals surface area contributed by atoms with Crippen molar-refractivity contribution in [1.82, 2.24) is 10.2 Å². The summed E-state index contributed by atoms with van der Waals surface area (Å²) in [6, 6.07) is 5.88. The van der Waals surface area contributed by atoms with E-state index in [1.54, 1.807) is 0 Å². The Morgan fingerprint density at radius 2 is 2.19 bits per heavy atom. The largest absolute Gasteiger partial charge is 0.309 e. The number of likely N-dealkylation sites (tertiary alicyclic amines) is 1. The minimum absolute atomic E-state index is 0.611. The smallest absolute Gasteiger partial charge is 0.0429 e. The van der Waals surface area contributed by atoms with Crippen LogP contribution in [0.5, 0.6) is 0 Å². The highest BCUT2D eigenvalue weighted by Crippen LogP contribution is 2.30. The zero-order chi connectivity index (χ0) is 10.8. The van der Waals surface area contributed by atoms with Crippen LogP contribution >= 0.6 is 11.3 Å². The summed E-state index contributed by atoms with van der Waals surface area (Å²) in [6.45, 7) is 3.85. The number of hydrogen-bond donors (Lipinski definition) is 1. The SMILES string of the molecule is c1csc(C2CC(N3CCCC3)CCN2)c1. The zero-order valence-corrected chi connectivity index (χ0v) is 10.5. The lowest BCUT2D eigenvalue weighted by Gasteiger charge is -2.35. The number of hydrogen-bond acceptors (Lipinski definition) is 3. The van der Waals surface area contributed by atoms with Crippen molar-refractivity contribution in [1.29, 1.82) is 0 Å². The third-order valence-electron chi connectivity index (χ3n) is 3.92. The van der Waals surface area contributed by atoms with E-state index >= 15 is 0 Å². The van der Waals surface area contributed by atoms with Gasteiger partial charge < -0.3 is 10.2 Å². The Morgan fingerprint density at radius 3 is 2.94 bits per heavy atom. The molecule has 0 spiro atoms. The number of thiophene rings is 1. The van der Waals surface area contributed by atoms with Gasteiger partial charge in [-0.1, -0.05) is 6.07 Å². The highest BCUT2D eigenvalue weighted by Gasteiger charge is 2.28. The number of nitrogens with zero attached hydrogens (tertiary/aromatic N) is 1. The van der Waals surface area contributed by atoms with Gasteiger partial charge in [0.05, 0.1) is 0 Å². The van der Waals surface area contributed by atoms with Gasteiger partial charge in [0, 0.05) is 17.0 Å². The summed E-state index contributed by atoms with van der Waals surface area (Å²) in [5, 5.41) is 5.85. The van der Waals surface area contributed by atoms with E-state index in [2.05, 4.69) is 27.7 Å². The maximum absolute atomic E-state index is 3.66. The Kier molecular flexibility index (Phi) is 3.27. The van der Waals surface area contributed by atoms with E-state index in [-0.39, 0.29) is 0 Å². The summed E-state index contributed by atoms with van der Waals surface area (Å²) in [7, 11) is 0. The first-order valence-electron chi connectivity index (χ1n) is 6.44. The van der Waals surface area contributed by atoms with Crippen LogP contribution in [0.3, 0.4) is 0 Å². The van der Waals surface area contributed by atoms with Gasteiger partial charge in [0.25, 0.3) is 0 Å². The van der Waals surface area contributed by atoms with Crippen molar-refractivity contribution >= 4 is 11.3 Å². The van der Waals surface area contributed by atoms with Gasteiger partial charge in [0.1, 0.15) is 0 Å². The van der Waals surface area contributed by atoms with Crippen LogP contribution in [0.4, 0.5) is 0 Å². The molecule has 0 bridgehead atoms. The van der Waals surface area contributed by atoms with Crippen LogP contribution in [0, 0.1) is 0 Å². The Bertz CT molecular complexity index is 317. The monoisotopic (exact) mass is 236 g/mol. The zero-order valence-electron chi connectivity index (χ0n) is 9.69. The molecular weight excluding hydrogens is 216 g/mol. The van der Waals surface area contributed by atoms with Gasteiger partial charge in [-0.05, 0) is 56.8 Å². The van der Waals surface area contributed by atoms with Crippen LogP contribution in [0.15, 0.2) is 17.5 Å². The summed E-state index contributed by atoms with van der Waals surface area (Å²) in [5.41, 5.74) is 0. The molecule has 0 saturated carbocycles. The van der Waals surface area contributed by atoms with Crippen LogP contribution in [0.2, 0.25) is 0 Å². The molecule has 2 atom stereocenters. The van der Waals surface area contributed by atoms with E-state index in [4.69, 9.17) is 0 Å². The fourth-order valence-electron chi connectivity index (χ4n) is 3.04. The molecule has 1 aromatic heterocycles. The third-order valence-corrected chi connectivity index (χ3v) is 4.91. The van der Waals surface area contributed by atoms with E-state index < -0.39 is 0 Å². The number of nitrogens with one attached hydrogen (secondary N) is 1. The lowest BCUT2D eigenvalue weighted by Crippen LogP contribution is -2.43. The van der Waals surface area contributed by atoms with Crippen LogP contribution in [-0.2, 0) is 0 Å². The van der Waals surface area contributed by atoms with Crippen LogP contribution < -0.4 is 5.32 Å². The quantitative estimate of drug-likeness (QED) is 0.849. The Morgan fingerprint density at radius 1 is 1.31 bits per heavy atom. The second-order valence-electron chi connectivity index (χ2n) is 4.94. The number of rotatable bonds is 2. The van der Waals surface area contributed by atoms with Crippen molar-refractivity contribution in [3.05, 3.63) is 22.4 Å². The molecule has 1 aromatic rings. The first kappa shape index (κ1) is 10.8. The Balaban J connectivity index is 1.65. The molecule has 2 fully saturated rings. The molecule has 2 saturated heterocycles. The first-order valence-corrected chi connectivity index (χ1v) is 7.32. The predicted octanol–water partition coefficient (Wildman–Crippen LogP) is 2.64. The summed E-state index contributed by atoms with van der Waals surface area (Å²) in [6.07, 6.45) is 5.46. The van der Waals surface area contributed by atoms with Crippen molar-refractivity contribution in [3.63, 3.8) is 0 Å². The summed E-state index contributed by atoms with van der Waals surface area (Å²) >= 11 is 1.89. The molecule has 2 nitrogen and oxygen atoms in total. The molecule has 0 radical (unpaired) electrons. The van der Waals surface area contributed by atoms with Gasteiger partial charge in [-0.25, -0.2) is 0 Å². The van der Waals surface area contributed by atoms with E-state index in [1.807, 2.05) is 11.3 Å². The van der Waals surface area contributed by atoms with Crippen LogP contribution in [0.1, 0.15) is 36.6 Å². The Hall–Kier alpha value is -0.380. The average molecular weight is 236 g/mol. The molecule has 2 aliphatic heterocycles. The normalized spacial score (nSPS) is 32.0. The maximum atomic E-state index is 3.66. The van der Waals surface area contributed by atoms with Gasteiger partial charge in [-0.15, -0.1) is 11.3 Å². The summed E-state index contributed by atoms with van der Waals surface area (Å²) < 4.78 is 0. The maximum Gasteiger partial charge on any atom is 0.0429 e. The molecule has 1 N–H and O–H groups in total. The minimum Gasteiger partial charge on any atom is -0.309 e. The van der Waals surface area contributed by atoms with E-state index in [9.17, 15) is 0 Å². The molecule has 3 heteroatoms. The average Bonchev–Trinajstić information content (AvgIpc) is 3.03. The fourth-order valence-corrected chi connectivity index (χ4v) is 3.86. The van der Waals surface area contributed by atoms with Crippen molar-refractivity contribution < 1.29 is 0 Å². The van der Waals surface area contributed by atoms with Gasteiger partial charge >= 0.3 is 0 Å². The topological polar surface area (TPSA) is 15.3 Å². The summed E-state index contributed by atoms with van der Waals surface area (Å²) in [4.78, 5) is 4.23. The molecular formula is C13H20N2S. The molecule has 88 valence electrons. The van der Waals surface area contributed by atoms with Crippen molar-refractivity contribution in [2.75, 3.05) is 19.6 Å². The third kappa shape index (κ3) is 2.17. The van der Waals surface area contributed by atoms with E-state index in [1.165, 1.54) is 50.2 Å². The van der Waals surface area contributed by atoms with Gasteiger partial charge in [-0.2, -0.15) is 0 Å². The van der Waals surface area contributed by atoms with Crippen molar-refractivity contribution in [2.45, 2.75) is 37.8 Å². The fraction of sp³-hybridized carbons (Fsp3) is 0.692. The lowest BCUT2D eigenvalue weighted by molar-refractivity contribution is 0.175. The van der Waals surface area contributed by atoms with Crippen molar-refractivity contribution in [3.8, 4) is 0 Å². The second kappa shape index (κ2) is 4.86. The highest BCUT2D eigenvalue weighted by molar-refractivity contribution is 7.10. The molecule has 0 aliphatic carbocycles.